The number of anilines is 2. The van der Waals surface area contributed by atoms with Crippen LogP contribution in [0.3, 0.4) is 0 Å². The number of carbonyl (C=O) groups is 2. The Morgan fingerprint density at radius 1 is 1.13 bits per heavy atom. The fourth-order valence-electron chi connectivity index (χ4n) is 3.35. The van der Waals surface area contributed by atoms with Crippen LogP contribution in [0.4, 0.5) is 24.5 Å². The van der Waals surface area contributed by atoms with E-state index in [1.807, 2.05) is 6.07 Å². The molecule has 6 nitrogen and oxygen atoms in total. The van der Waals surface area contributed by atoms with Crippen LogP contribution in [0.25, 0.3) is 0 Å². The Labute approximate surface area is 180 Å². The first-order chi connectivity index (χ1) is 14.7. The molecule has 2 aromatic carbocycles. The Balaban J connectivity index is 1.54. The molecule has 2 aliphatic heterocycles. The number of hydrogen-bond donors (Lipinski definition) is 1. The molecule has 0 spiro atoms. The predicted molar refractivity (Wildman–Crippen MR) is 110 cm³/mol. The minimum Gasteiger partial charge on any atom is -0.490 e. The maximum atomic E-state index is 13.1. The number of ether oxygens (including phenoxy) is 2. The number of carbonyl (C=O) groups excluding carboxylic acids is 2. The van der Waals surface area contributed by atoms with E-state index in [2.05, 4.69) is 5.32 Å². The highest BCUT2D eigenvalue weighted by Crippen LogP contribution is 2.39. The Morgan fingerprint density at radius 2 is 1.87 bits per heavy atom. The van der Waals surface area contributed by atoms with Crippen LogP contribution in [0, 0.1) is 0 Å². The van der Waals surface area contributed by atoms with Gasteiger partial charge in [0.15, 0.2) is 11.5 Å². The van der Waals surface area contributed by atoms with Gasteiger partial charge in [-0.05, 0) is 43.3 Å². The molecule has 31 heavy (non-hydrogen) atoms. The van der Waals surface area contributed by atoms with Crippen molar-refractivity contribution in [1.29, 1.82) is 0 Å². The van der Waals surface area contributed by atoms with Crippen molar-refractivity contribution >= 4 is 35.0 Å². The zero-order valence-electron chi connectivity index (χ0n) is 16.5. The summed E-state index contributed by atoms with van der Waals surface area (Å²) >= 11 is 1.27. The van der Waals surface area contributed by atoms with Gasteiger partial charge >= 0.3 is 6.18 Å². The fourth-order valence-corrected chi connectivity index (χ4v) is 4.31. The topological polar surface area (TPSA) is 67.9 Å². The summed E-state index contributed by atoms with van der Waals surface area (Å²) in [5.41, 5.74) is -0.689. The smallest absolute Gasteiger partial charge is 0.416 e. The number of hydrogen-bond acceptors (Lipinski definition) is 5. The zero-order valence-corrected chi connectivity index (χ0v) is 17.3. The molecule has 4 rings (SSSR count). The lowest BCUT2D eigenvalue weighted by molar-refractivity contribution is -0.137. The SMILES string of the molecule is CC(Sc1ccc2c(c1)OCCCO2)C(=O)N1CC(=O)Nc2cc(C(F)(F)F)ccc21. The van der Waals surface area contributed by atoms with E-state index in [4.69, 9.17) is 9.47 Å². The van der Waals surface area contributed by atoms with Crippen LogP contribution < -0.4 is 19.7 Å². The van der Waals surface area contributed by atoms with Crippen molar-refractivity contribution in [2.24, 2.45) is 0 Å². The monoisotopic (exact) mass is 452 g/mol. The van der Waals surface area contributed by atoms with Crippen molar-refractivity contribution < 1.29 is 32.2 Å². The number of alkyl halides is 3. The van der Waals surface area contributed by atoms with Crippen LogP contribution in [0.1, 0.15) is 18.9 Å². The van der Waals surface area contributed by atoms with E-state index in [1.54, 1.807) is 19.1 Å². The first-order valence-corrected chi connectivity index (χ1v) is 10.5. The maximum absolute atomic E-state index is 13.1. The van der Waals surface area contributed by atoms with Gasteiger partial charge in [0.1, 0.15) is 6.54 Å². The molecule has 0 aromatic heterocycles. The molecule has 2 amide bonds. The molecule has 0 fully saturated rings. The van der Waals surface area contributed by atoms with Gasteiger partial charge in [-0.15, -0.1) is 11.8 Å². The second-order valence-corrected chi connectivity index (χ2v) is 8.54. The Bertz CT molecular complexity index is 1030. The van der Waals surface area contributed by atoms with Crippen LogP contribution >= 0.6 is 11.8 Å². The minimum absolute atomic E-state index is 0.0350. The van der Waals surface area contributed by atoms with E-state index in [0.717, 1.165) is 23.4 Å². The van der Waals surface area contributed by atoms with E-state index in [9.17, 15) is 22.8 Å². The molecule has 1 N–H and O–H groups in total. The second-order valence-electron chi connectivity index (χ2n) is 7.12. The van der Waals surface area contributed by atoms with E-state index < -0.39 is 22.9 Å². The number of benzene rings is 2. The first kappa shape index (κ1) is 21.4. The molecule has 164 valence electrons. The Hall–Kier alpha value is -2.88. The number of thioether (sulfide) groups is 1. The summed E-state index contributed by atoms with van der Waals surface area (Å²) in [4.78, 5) is 27.1. The first-order valence-electron chi connectivity index (χ1n) is 9.61. The molecule has 2 heterocycles. The standard InChI is InChI=1S/C21H19F3N2O4S/c1-12(31-14-4-6-17-18(10-14)30-8-2-7-29-17)20(28)26-11-19(27)25-15-9-13(21(22,23)24)3-5-16(15)26/h3-6,9-10,12H,2,7-8,11H2,1H3,(H,25,27). The average molecular weight is 452 g/mol. The van der Waals surface area contributed by atoms with Gasteiger partial charge in [-0.1, -0.05) is 0 Å². The Kier molecular flexibility index (Phi) is 5.74. The van der Waals surface area contributed by atoms with Crippen LogP contribution in [-0.2, 0) is 15.8 Å². The van der Waals surface area contributed by atoms with Crippen LogP contribution in [0.15, 0.2) is 41.3 Å². The largest absolute Gasteiger partial charge is 0.490 e. The fraction of sp³-hybridized carbons (Fsp3) is 0.333. The molecule has 2 aliphatic rings. The summed E-state index contributed by atoms with van der Waals surface area (Å²) in [6, 6.07) is 8.34. The van der Waals surface area contributed by atoms with Gasteiger partial charge in [0.2, 0.25) is 11.8 Å². The van der Waals surface area contributed by atoms with Gasteiger partial charge in [-0.25, -0.2) is 0 Å². The predicted octanol–water partition coefficient (Wildman–Crippen LogP) is 4.33. The van der Waals surface area contributed by atoms with Crippen LogP contribution in [0.5, 0.6) is 11.5 Å². The molecule has 0 aliphatic carbocycles. The molecular formula is C21H19F3N2O4S. The lowest BCUT2D eigenvalue weighted by Gasteiger charge is -2.31. The summed E-state index contributed by atoms with van der Waals surface area (Å²) in [5.74, 6) is 0.313. The van der Waals surface area contributed by atoms with Gasteiger partial charge in [-0.3, -0.25) is 14.5 Å². The van der Waals surface area contributed by atoms with E-state index in [-0.39, 0.29) is 23.8 Å². The van der Waals surface area contributed by atoms with E-state index >= 15 is 0 Å². The summed E-state index contributed by atoms with van der Waals surface area (Å²) in [6.07, 6.45) is -3.77. The van der Waals surface area contributed by atoms with Crippen molar-refractivity contribution in [2.75, 3.05) is 30.0 Å². The van der Waals surface area contributed by atoms with Gasteiger partial charge in [-0.2, -0.15) is 13.2 Å². The number of fused-ring (bicyclic) bond motifs is 2. The molecule has 0 saturated carbocycles. The summed E-state index contributed by atoms with van der Waals surface area (Å²) in [7, 11) is 0. The van der Waals surface area contributed by atoms with Gasteiger partial charge in [0.25, 0.3) is 0 Å². The van der Waals surface area contributed by atoms with Crippen molar-refractivity contribution in [1.82, 2.24) is 0 Å². The summed E-state index contributed by atoms with van der Waals surface area (Å²) < 4.78 is 50.3. The highest BCUT2D eigenvalue weighted by molar-refractivity contribution is 8.00. The van der Waals surface area contributed by atoms with Crippen molar-refractivity contribution in [2.45, 2.75) is 29.7 Å². The highest BCUT2D eigenvalue weighted by atomic mass is 32.2. The van der Waals surface area contributed by atoms with Gasteiger partial charge in [0, 0.05) is 11.3 Å². The number of nitrogens with zero attached hydrogens (tertiary/aromatic N) is 1. The third-order valence-electron chi connectivity index (χ3n) is 4.84. The third-order valence-corrected chi connectivity index (χ3v) is 5.92. The van der Waals surface area contributed by atoms with Gasteiger partial charge < -0.3 is 14.8 Å². The quantitative estimate of drug-likeness (QED) is 0.702. The van der Waals surface area contributed by atoms with E-state index in [0.29, 0.717) is 24.7 Å². The lowest BCUT2D eigenvalue weighted by atomic mass is 10.1. The molecule has 0 saturated heterocycles. The Morgan fingerprint density at radius 3 is 2.61 bits per heavy atom. The second kappa shape index (κ2) is 8.33. The van der Waals surface area contributed by atoms with Crippen molar-refractivity contribution in [3.05, 3.63) is 42.0 Å². The molecule has 2 aromatic rings. The normalized spacial score (nSPS) is 16.8. The molecule has 0 radical (unpaired) electrons. The maximum Gasteiger partial charge on any atom is 0.416 e. The van der Waals surface area contributed by atoms with Crippen molar-refractivity contribution in [3.63, 3.8) is 0 Å². The highest BCUT2D eigenvalue weighted by Gasteiger charge is 2.35. The number of nitrogens with one attached hydrogen (secondary N) is 1. The zero-order chi connectivity index (χ0) is 22.2. The number of rotatable bonds is 3. The lowest BCUT2D eigenvalue weighted by Crippen LogP contribution is -2.45. The van der Waals surface area contributed by atoms with Gasteiger partial charge in [0.05, 0.1) is 35.4 Å². The summed E-state index contributed by atoms with van der Waals surface area (Å²) in [5, 5.41) is 1.82. The van der Waals surface area contributed by atoms with Crippen LogP contribution in [0.2, 0.25) is 0 Å². The minimum atomic E-state index is -4.55. The third kappa shape index (κ3) is 4.58. The molecule has 0 bridgehead atoms. The van der Waals surface area contributed by atoms with E-state index in [1.165, 1.54) is 22.7 Å². The van der Waals surface area contributed by atoms with Crippen LogP contribution in [-0.4, -0.2) is 36.8 Å². The van der Waals surface area contributed by atoms with Crippen molar-refractivity contribution in [3.8, 4) is 11.5 Å². The average Bonchev–Trinajstić information content (AvgIpc) is 2.96. The summed E-state index contributed by atoms with van der Waals surface area (Å²) in [6.45, 7) is 2.53. The molecule has 10 heteroatoms. The molecule has 1 atom stereocenters. The molecular weight excluding hydrogens is 433 g/mol. The molecule has 1 unspecified atom stereocenters. The number of halogens is 3. The number of amides is 2.